The van der Waals surface area contributed by atoms with Crippen LogP contribution in [-0.2, 0) is 9.59 Å². The number of aliphatic hydroxyl groups excluding tert-OH is 2. The van der Waals surface area contributed by atoms with Gasteiger partial charge in [0.2, 0.25) is 23.1 Å². The summed E-state index contributed by atoms with van der Waals surface area (Å²) in [5.74, 6) is -3.16. The van der Waals surface area contributed by atoms with Crippen molar-refractivity contribution in [3.63, 3.8) is 0 Å². The smallest absolute Gasteiger partial charge is 0.226 e. The molecule has 0 aromatic heterocycles. The molecule has 0 radical (unpaired) electrons. The third-order valence-electron chi connectivity index (χ3n) is 7.58. The summed E-state index contributed by atoms with van der Waals surface area (Å²) < 4.78 is 0. The van der Waals surface area contributed by atoms with E-state index in [-0.39, 0.29) is 12.0 Å². The fourth-order valence-corrected chi connectivity index (χ4v) is 9.72. The highest BCUT2D eigenvalue weighted by molar-refractivity contribution is 7.95. The summed E-state index contributed by atoms with van der Waals surface area (Å²) in [7, 11) is -1.75. The maximum Gasteiger partial charge on any atom is 0.226 e. The van der Waals surface area contributed by atoms with E-state index in [0.717, 1.165) is 25.4 Å². The fourth-order valence-electron chi connectivity index (χ4n) is 5.31. The molecule has 0 atom stereocenters. The zero-order chi connectivity index (χ0) is 29.5. The lowest BCUT2D eigenvalue weighted by Crippen LogP contribution is -2.33. The third-order valence-corrected chi connectivity index (χ3v) is 12.1. The van der Waals surface area contributed by atoms with E-state index >= 15 is 0 Å². The van der Waals surface area contributed by atoms with Gasteiger partial charge >= 0.3 is 0 Å². The molecule has 2 N–H and O–H groups in total. The van der Waals surface area contributed by atoms with Gasteiger partial charge in [-0.3, -0.25) is 9.59 Å². The largest absolute Gasteiger partial charge is 0.502 e. The standard InChI is InChI=1S/C36H43O4P/c1-29(2)34(38)36(40)35(39)33(37)27-19-8-6-4-3-5-7-9-20-28-41(30-21-13-10-14-22-30,31-23-15-11-16-24-31)32-25-17-12-18-26-32/h10-18,21-26H,1,3-9,19-20,27-28H2,2H3,(H-,37,38,39,40)/p+1. The van der Waals surface area contributed by atoms with Crippen molar-refractivity contribution in [3.05, 3.63) is 115 Å². The Hall–Kier alpha value is -3.49. The Kier molecular flexibility index (Phi) is 13.0. The minimum atomic E-state index is -1.75. The third kappa shape index (κ3) is 9.00. The van der Waals surface area contributed by atoms with Gasteiger partial charge in [-0.25, -0.2) is 0 Å². The highest BCUT2D eigenvalue weighted by Gasteiger charge is 2.44. The van der Waals surface area contributed by atoms with Gasteiger partial charge in [0.1, 0.15) is 23.2 Å². The van der Waals surface area contributed by atoms with Gasteiger partial charge in [0.05, 0.1) is 6.16 Å². The van der Waals surface area contributed by atoms with Crippen LogP contribution >= 0.6 is 7.26 Å². The van der Waals surface area contributed by atoms with Gasteiger partial charge < -0.3 is 10.2 Å². The summed E-state index contributed by atoms with van der Waals surface area (Å²) in [4.78, 5) is 23.7. The van der Waals surface area contributed by atoms with E-state index in [1.165, 1.54) is 54.9 Å². The molecule has 0 aliphatic heterocycles. The molecule has 41 heavy (non-hydrogen) atoms. The van der Waals surface area contributed by atoms with Crippen molar-refractivity contribution in [1.82, 2.24) is 0 Å². The van der Waals surface area contributed by atoms with E-state index in [0.29, 0.717) is 6.42 Å². The van der Waals surface area contributed by atoms with Gasteiger partial charge in [-0.1, -0.05) is 99.7 Å². The highest BCUT2D eigenvalue weighted by Crippen LogP contribution is 2.56. The molecule has 0 unspecified atom stereocenters. The number of rotatable bonds is 18. The number of allylic oxidation sites excluding steroid dienone is 2. The molecule has 0 saturated heterocycles. The minimum Gasteiger partial charge on any atom is -0.502 e. The number of benzene rings is 3. The monoisotopic (exact) mass is 571 g/mol. The first-order valence-electron chi connectivity index (χ1n) is 14.8. The molecule has 0 bridgehead atoms. The van der Waals surface area contributed by atoms with Crippen molar-refractivity contribution in [3.8, 4) is 0 Å². The Morgan fingerprint density at radius 3 is 1.34 bits per heavy atom. The zero-order valence-corrected chi connectivity index (χ0v) is 25.2. The van der Waals surface area contributed by atoms with Gasteiger partial charge in [-0.15, -0.1) is 0 Å². The van der Waals surface area contributed by atoms with Crippen LogP contribution < -0.4 is 15.9 Å². The number of carbonyl (C=O) groups is 2. The average Bonchev–Trinajstić information content (AvgIpc) is 3.01. The minimum absolute atomic E-state index is 0.0754. The van der Waals surface area contributed by atoms with E-state index in [1.807, 2.05) is 0 Å². The van der Waals surface area contributed by atoms with E-state index < -0.39 is 30.3 Å². The van der Waals surface area contributed by atoms with Crippen LogP contribution in [-0.4, -0.2) is 27.9 Å². The van der Waals surface area contributed by atoms with Crippen molar-refractivity contribution >= 4 is 34.7 Å². The first-order chi connectivity index (χ1) is 19.9. The predicted octanol–water partition coefficient (Wildman–Crippen LogP) is 7.92. The van der Waals surface area contributed by atoms with Gasteiger partial charge in [0, 0.05) is 6.42 Å². The Morgan fingerprint density at radius 2 is 0.951 bits per heavy atom. The van der Waals surface area contributed by atoms with Gasteiger partial charge in [0.15, 0.2) is 0 Å². The Balaban J connectivity index is 1.44. The van der Waals surface area contributed by atoms with Crippen molar-refractivity contribution < 1.29 is 19.8 Å². The molecule has 3 aromatic rings. The van der Waals surface area contributed by atoms with Crippen molar-refractivity contribution in [2.75, 3.05) is 6.16 Å². The summed E-state index contributed by atoms with van der Waals surface area (Å²) in [5.41, 5.74) is 0.0754. The van der Waals surface area contributed by atoms with Crippen LogP contribution in [0, 0.1) is 0 Å². The second kappa shape index (κ2) is 16.7. The molecule has 3 aromatic carbocycles. The molecular formula is C36H44O4P+. The number of ketones is 2. The molecule has 0 aliphatic carbocycles. The summed E-state index contributed by atoms with van der Waals surface area (Å²) in [5, 5.41) is 23.8. The van der Waals surface area contributed by atoms with Gasteiger partial charge in [-0.2, -0.15) is 0 Å². The van der Waals surface area contributed by atoms with E-state index in [2.05, 4.69) is 97.6 Å². The van der Waals surface area contributed by atoms with Crippen LogP contribution in [0.4, 0.5) is 0 Å². The second-order valence-corrected chi connectivity index (χ2v) is 14.3. The molecule has 0 saturated carbocycles. The number of aliphatic hydroxyl groups is 2. The van der Waals surface area contributed by atoms with Crippen LogP contribution in [0.1, 0.15) is 71.1 Å². The molecule has 5 heteroatoms. The molecule has 0 spiro atoms. The summed E-state index contributed by atoms with van der Waals surface area (Å²) >= 11 is 0. The number of hydrogen-bond donors (Lipinski definition) is 2. The summed E-state index contributed by atoms with van der Waals surface area (Å²) in [6.07, 6.45) is 10.9. The SMILES string of the molecule is C=C(C)C(=O)/C(O)=C(/O)C(=O)CCCCCCCCCCC[P+](c1ccccc1)(c1ccccc1)c1ccccc1. The molecule has 0 fully saturated rings. The normalized spacial score (nSPS) is 12.0. The van der Waals surface area contributed by atoms with Crippen LogP contribution in [0.15, 0.2) is 115 Å². The summed E-state index contributed by atoms with van der Waals surface area (Å²) in [6.45, 7) is 4.85. The van der Waals surface area contributed by atoms with Gasteiger partial charge in [0.25, 0.3) is 0 Å². The molecule has 216 valence electrons. The zero-order valence-electron chi connectivity index (χ0n) is 24.3. The Morgan fingerprint density at radius 1 is 0.585 bits per heavy atom. The molecule has 0 amide bonds. The number of unbranched alkanes of at least 4 members (excludes halogenated alkanes) is 8. The number of carbonyl (C=O) groups excluding carboxylic acids is 2. The van der Waals surface area contributed by atoms with E-state index in [1.54, 1.807) is 0 Å². The summed E-state index contributed by atoms with van der Waals surface area (Å²) in [6, 6.07) is 33.2. The topological polar surface area (TPSA) is 74.6 Å². The van der Waals surface area contributed by atoms with Crippen LogP contribution in [0.2, 0.25) is 0 Å². The van der Waals surface area contributed by atoms with Crippen LogP contribution in [0.5, 0.6) is 0 Å². The van der Waals surface area contributed by atoms with Crippen LogP contribution in [0.25, 0.3) is 0 Å². The first-order valence-corrected chi connectivity index (χ1v) is 16.8. The quantitative estimate of drug-likeness (QED) is 0.0704. The lowest BCUT2D eigenvalue weighted by molar-refractivity contribution is -0.120. The second-order valence-electron chi connectivity index (χ2n) is 10.7. The maximum absolute atomic E-state index is 12.0. The fraction of sp³-hybridized carbons (Fsp3) is 0.333. The Bertz CT molecular complexity index is 1190. The molecule has 3 rings (SSSR count). The lowest BCUT2D eigenvalue weighted by atomic mass is 10.0. The lowest BCUT2D eigenvalue weighted by Gasteiger charge is -2.27. The number of Topliss-reactive ketones (excluding diaryl/α,β-unsaturated/α-hetero) is 2. The predicted molar refractivity (Wildman–Crippen MR) is 173 cm³/mol. The van der Waals surface area contributed by atoms with Crippen molar-refractivity contribution in [2.45, 2.75) is 71.1 Å². The highest BCUT2D eigenvalue weighted by atomic mass is 31.2. The first kappa shape index (κ1) is 32.0. The van der Waals surface area contributed by atoms with E-state index in [9.17, 15) is 19.8 Å². The number of hydrogen-bond acceptors (Lipinski definition) is 4. The van der Waals surface area contributed by atoms with Crippen LogP contribution in [0.3, 0.4) is 0 Å². The molecular weight excluding hydrogens is 527 g/mol. The van der Waals surface area contributed by atoms with Crippen molar-refractivity contribution in [1.29, 1.82) is 0 Å². The molecule has 0 heterocycles. The van der Waals surface area contributed by atoms with E-state index in [4.69, 9.17) is 0 Å². The van der Waals surface area contributed by atoms with Crippen molar-refractivity contribution in [2.24, 2.45) is 0 Å². The van der Waals surface area contributed by atoms with Gasteiger partial charge in [-0.05, 0) is 68.2 Å². The molecule has 4 nitrogen and oxygen atoms in total. The molecule has 0 aliphatic rings. The Labute approximate surface area is 246 Å². The average molecular weight is 572 g/mol. The maximum atomic E-state index is 12.0.